The molecule has 0 saturated heterocycles. The maximum absolute atomic E-state index is 13.6. The van der Waals surface area contributed by atoms with Crippen molar-refractivity contribution in [2.75, 3.05) is 21.3 Å². The minimum atomic E-state index is -0.711. The van der Waals surface area contributed by atoms with Crippen molar-refractivity contribution in [3.8, 4) is 11.5 Å². The first-order chi connectivity index (χ1) is 15.5. The summed E-state index contributed by atoms with van der Waals surface area (Å²) in [7, 11) is 4.51. The molecule has 2 aromatic rings. The molecule has 6 nitrogen and oxygen atoms in total. The summed E-state index contributed by atoms with van der Waals surface area (Å²) in [5, 5.41) is 0. The molecule has 0 spiro atoms. The van der Waals surface area contributed by atoms with Crippen molar-refractivity contribution in [3.05, 3.63) is 70.9 Å². The zero-order valence-electron chi connectivity index (χ0n) is 18.8. The fourth-order valence-corrected chi connectivity index (χ4v) is 4.87. The number of hydrogen-bond acceptors (Lipinski definition) is 6. The van der Waals surface area contributed by atoms with Crippen molar-refractivity contribution in [2.45, 2.75) is 31.6 Å². The van der Waals surface area contributed by atoms with Crippen LogP contribution in [0.5, 0.6) is 11.5 Å². The van der Waals surface area contributed by atoms with Crippen LogP contribution in [0.4, 0.5) is 0 Å². The van der Waals surface area contributed by atoms with Gasteiger partial charge in [-0.15, -0.1) is 0 Å². The number of ketones is 1. The number of methoxy groups -OCH3 is 3. The van der Waals surface area contributed by atoms with Crippen molar-refractivity contribution in [1.29, 1.82) is 0 Å². The molecule has 0 aromatic heterocycles. The molecule has 4 rings (SSSR count). The van der Waals surface area contributed by atoms with Gasteiger partial charge in [0.2, 0.25) is 0 Å². The van der Waals surface area contributed by atoms with Crippen LogP contribution in [-0.4, -0.2) is 38.8 Å². The molecule has 0 amide bonds. The Kier molecular flexibility index (Phi) is 6.12. The molecular formula is C26H27NO5. The SMILES string of the molecule is COC(=O)C1C(C)=NC2=C(C(=O)C[C@H](c3ccccc3)C2)[C@H]1c1cc(OC)ccc1OC. The molecule has 0 saturated carbocycles. The van der Waals surface area contributed by atoms with E-state index in [1.165, 1.54) is 7.11 Å². The number of nitrogens with zero attached hydrogens (tertiary/aromatic N) is 1. The molecule has 2 aromatic carbocycles. The molecule has 0 bridgehead atoms. The number of Topliss-reactive ketones (excluding diaryl/α,β-unsaturated/α-hetero) is 1. The third-order valence-electron chi connectivity index (χ3n) is 6.39. The molecule has 1 aliphatic carbocycles. The van der Waals surface area contributed by atoms with Gasteiger partial charge in [0.05, 0.1) is 21.3 Å². The second-order valence-corrected chi connectivity index (χ2v) is 8.14. The van der Waals surface area contributed by atoms with E-state index in [2.05, 4.69) is 0 Å². The number of carbonyl (C=O) groups is 2. The fourth-order valence-electron chi connectivity index (χ4n) is 4.87. The number of carbonyl (C=O) groups excluding carboxylic acids is 2. The molecule has 6 heteroatoms. The normalized spacial score (nSPS) is 22.7. The van der Waals surface area contributed by atoms with Crippen molar-refractivity contribution in [2.24, 2.45) is 10.9 Å². The Labute approximate surface area is 187 Å². The maximum Gasteiger partial charge on any atom is 0.315 e. The molecule has 0 N–H and O–H groups in total. The van der Waals surface area contributed by atoms with E-state index in [-0.39, 0.29) is 11.7 Å². The van der Waals surface area contributed by atoms with Crippen molar-refractivity contribution in [1.82, 2.24) is 0 Å². The van der Waals surface area contributed by atoms with E-state index in [9.17, 15) is 9.59 Å². The summed E-state index contributed by atoms with van der Waals surface area (Å²) in [5.41, 5.74) is 3.78. The summed E-state index contributed by atoms with van der Waals surface area (Å²) in [5.74, 6) is -0.421. The van der Waals surface area contributed by atoms with E-state index >= 15 is 0 Å². The molecule has 166 valence electrons. The van der Waals surface area contributed by atoms with Gasteiger partial charge >= 0.3 is 5.97 Å². The van der Waals surface area contributed by atoms with Gasteiger partial charge < -0.3 is 14.2 Å². The molecule has 1 heterocycles. The summed E-state index contributed by atoms with van der Waals surface area (Å²) >= 11 is 0. The van der Waals surface area contributed by atoms with E-state index in [0.29, 0.717) is 35.6 Å². The predicted molar refractivity (Wildman–Crippen MR) is 121 cm³/mol. The minimum absolute atomic E-state index is 0.000120. The Morgan fingerprint density at radius 1 is 1.00 bits per heavy atom. The lowest BCUT2D eigenvalue weighted by atomic mass is 9.69. The van der Waals surface area contributed by atoms with Crippen LogP contribution >= 0.6 is 0 Å². The van der Waals surface area contributed by atoms with Crippen LogP contribution in [0.15, 0.2) is 64.8 Å². The van der Waals surface area contributed by atoms with Gasteiger partial charge in [-0.25, -0.2) is 0 Å². The Bertz CT molecular complexity index is 1100. The van der Waals surface area contributed by atoms with Crippen LogP contribution < -0.4 is 9.47 Å². The number of esters is 1. The van der Waals surface area contributed by atoms with Gasteiger partial charge in [0.15, 0.2) is 5.78 Å². The number of allylic oxidation sites excluding steroid dienone is 2. The Balaban J connectivity index is 1.88. The molecule has 3 atom stereocenters. The summed E-state index contributed by atoms with van der Waals surface area (Å²) in [6.07, 6.45) is 1.01. The average Bonchev–Trinajstić information content (AvgIpc) is 2.82. The minimum Gasteiger partial charge on any atom is -0.497 e. The van der Waals surface area contributed by atoms with Gasteiger partial charge in [0.25, 0.3) is 0 Å². The number of aliphatic imine (C=N–C) groups is 1. The lowest BCUT2D eigenvalue weighted by Gasteiger charge is -2.36. The Morgan fingerprint density at radius 3 is 2.41 bits per heavy atom. The quantitative estimate of drug-likeness (QED) is 0.651. The first kappa shape index (κ1) is 21.8. The highest BCUT2D eigenvalue weighted by atomic mass is 16.5. The van der Waals surface area contributed by atoms with E-state index in [4.69, 9.17) is 19.2 Å². The number of ether oxygens (including phenoxy) is 3. The lowest BCUT2D eigenvalue weighted by molar-refractivity contribution is -0.143. The third-order valence-corrected chi connectivity index (χ3v) is 6.39. The molecule has 1 aliphatic heterocycles. The van der Waals surface area contributed by atoms with E-state index in [0.717, 1.165) is 16.8 Å². The van der Waals surface area contributed by atoms with Gasteiger partial charge in [-0.2, -0.15) is 0 Å². The van der Waals surface area contributed by atoms with Crippen LogP contribution in [0, 0.1) is 5.92 Å². The number of benzene rings is 2. The molecule has 1 unspecified atom stereocenters. The van der Waals surface area contributed by atoms with Crippen LogP contribution in [0.3, 0.4) is 0 Å². The largest absolute Gasteiger partial charge is 0.497 e. The third kappa shape index (κ3) is 3.81. The van der Waals surface area contributed by atoms with Crippen molar-refractivity contribution in [3.63, 3.8) is 0 Å². The van der Waals surface area contributed by atoms with Gasteiger partial charge in [-0.1, -0.05) is 30.3 Å². The molecule has 0 radical (unpaired) electrons. The second-order valence-electron chi connectivity index (χ2n) is 8.14. The maximum atomic E-state index is 13.6. The van der Waals surface area contributed by atoms with Gasteiger partial charge in [0.1, 0.15) is 17.4 Å². The van der Waals surface area contributed by atoms with E-state index in [1.54, 1.807) is 26.4 Å². The van der Waals surface area contributed by atoms with E-state index in [1.807, 2.05) is 43.3 Å². The first-order valence-corrected chi connectivity index (χ1v) is 10.6. The van der Waals surface area contributed by atoms with Crippen LogP contribution in [0.1, 0.15) is 42.7 Å². The lowest BCUT2D eigenvalue weighted by Crippen LogP contribution is -2.38. The topological polar surface area (TPSA) is 74.2 Å². The Hall–Kier alpha value is -3.41. The summed E-state index contributed by atoms with van der Waals surface area (Å²) in [6.45, 7) is 1.82. The van der Waals surface area contributed by atoms with Crippen molar-refractivity contribution < 1.29 is 23.8 Å². The summed E-state index contributed by atoms with van der Waals surface area (Å²) in [4.78, 5) is 31.2. The highest BCUT2D eigenvalue weighted by molar-refractivity contribution is 6.09. The monoisotopic (exact) mass is 433 g/mol. The highest BCUT2D eigenvalue weighted by Crippen LogP contribution is 2.49. The van der Waals surface area contributed by atoms with Gasteiger partial charge in [-0.3, -0.25) is 14.6 Å². The zero-order valence-corrected chi connectivity index (χ0v) is 18.8. The standard InChI is InChI=1S/C26H27NO5/c1-15-23(26(29)32-4)24(19-14-18(30-2)10-11-22(19)31-3)25-20(27-15)12-17(13-21(25)28)16-8-6-5-7-9-16/h5-11,14,17,23-24H,12-13H2,1-4H3/t17-,23?,24+/m1/s1. The average molecular weight is 434 g/mol. The first-order valence-electron chi connectivity index (χ1n) is 10.6. The van der Waals surface area contributed by atoms with E-state index < -0.39 is 17.8 Å². The molecule has 2 aliphatic rings. The number of rotatable bonds is 5. The van der Waals surface area contributed by atoms with Crippen LogP contribution in [-0.2, 0) is 14.3 Å². The van der Waals surface area contributed by atoms with Crippen LogP contribution in [0.25, 0.3) is 0 Å². The molecule has 32 heavy (non-hydrogen) atoms. The Morgan fingerprint density at radius 2 is 1.75 bits per heavy atom. The smallest absolute Gasteiger partial charge is 0.315 e. The molecular weight excluding hydrogens is 406 g/mol. The molecule has 0 fully saturated rings. The zero-order chi connectivity index (χ0) is 22.8. The van der Waals surface area contributed by atoms with Crippen LogP contribution in [0.2, 0.25) is 0 Å². The predicted octanol–water partition coefficient (Wildman–Crippen LogP) is 4.45. The fraction of sp³-hybridized carbons (Fsp3) is 0.346. The number of hydrogen-bond donors (Lipinski definition) is 0. The summed E-state index contributed by atoms with van der Waals surface area (Å²) < 4.78 is 16.2. The highest BCUT2D eigenvalue weighted by Gasteiger charge is 2.45. The summed E-state index contributed by atoms with van der Waals surface area (Å²) in [6, 6.07) is 15.4. The second kappa shape index (κ2) is 8.99. The van der Waals surface area contributed by atoms with Gasteiger partial charge in [0, 0.05) is 34.9 Å². The van der Waals surface area contributed by atoms with Crippen molar-refractivity contribution >= 4 is 17.5 Å². The van der Waals surface area contributed by atoms with Gasteiger partial charge in [-0.05, 0) is 43.0 Å².